The van der Waals surface area contributed by atoms with Crippen LogP contribution < -0.4 is 4.74 Å². The van der Waals surface area contributed by atoms with Crippen molar-refractivity contribution >= 4 is 11.0 Å². The molecule has 2 aromatic heterocycles. The lowest BCUT2D eigenvalue weighted by molar-refractivity contribution is 0.414. The van der Waals surface area contributed by atoms with Gasteiger partial charge in [0.15, 0.2) is 5.65 Å². The molecule has 0 aliphatic rings. The Bertz CT molecular complexity index is 961. The molecule has 0 saturated heterocycles. The van der Waals surface area contributed by atoms with Crippen LogP contribution in [-0.4, -0.2) is 21.9 Å². The van der Waals surface area contributed by atoms with Gasteiger partial charge in [-0.1, -0.05) is 36.4 Å². The van der Waals surface area contributed by atoms with E-state index in [-0.39, 0.29) is 0 Å². The highest BCUT2D eigenvalue weighted by Gasteiger charge is 2.14. The maximum absolute atomic E-state index is 5.32. The van der Waals surface area contributed by atoms with Gasteiger partial charge in [-0.25, -0.2) is 9.67 Å². The smallest absolute Gasteiger partial charge is 0.163 e. The summed E-state index contributed by atoms with van der Waals surface area (Å²) < 4.78 is 7.18. The lowest BCUT2D eigenvalue weighted by Gasteiger charge is -2.05. The van der Waals surface area contributed by atoms with E-state index >= 15 is 0 Å². The predicted octanol–water partition coefficient (Wildman–Crippen LogP) is 4.10. The highest BCUT2D eigenvalue weighted by molar-refractivity contribution is 5.91. The summed E-state index contributed by atoms with van der Waals surface area (Å²) in [6.07, 6.45) is 1.79. The Hall–Kier alpha value is -3.14. The van der Waals surface area contributed by atoms with Gasteiger partial charge in [0, 0.05) is 23.2 Å². The molecule has 0 N–H and O–H groups in total. The van der Waals surface area contributed by atoms with Gasteiger partial charge in [-0.3, -0.25) is 0 Å². The zero-order valence-electron chi connectivity index (χ0n) is 12.7. The first kappa shape index (κ1) is 13.5. The molecular formula is C19H15N3O. The van der Waals surface area contributed by atoms with E-state index in [0.29, 0.717) is 0 Å². The molecule has 0 radical (unpaired) electrons. The fraction of sp³-hybridized carbons (Fsp3) is 0.0526. The molecule has 4 heteroatoms. The third kappa shape index (κ3) is 2.34. The van der Waals surface area contributed by atoms with Crippen molar-refractivity contribution < 1.29 is 4.74 Å². The number of benzene rings is 2. The van der Waals surface area contributed by atoms with Gasteiger partial charge in [-0.2, -0.15) is 5.10 Å². The SMILES string of the molecule is COc1cccc(-n2nc(-c3ccccc3)c3cccnc32)c1. The van der Waals surface area contributed by atoms with Crippen LogP contribution in [-0.2, 0) is 0 Å². The predicted molar refractivity (Wildman–Crippen MR) is 90.9 cm³/mol. The van der Waals surface area contributed by atoms with Gasteiger partial charge in [0.1, 0.15) is 11.4 Å². The molecule has 4 nitrogen and oxygen atoms in total. The minimum atomic E-state index is 0.795. The third-order valence-corrected chi connectivity index (χ3v) is 3.79. The van der Waals surface area contributed by atoms with Crippen molar-refractivity contribution in [2.45, 2.75) is 0 Å². The average molecular weight is 301 g/mol. The summed E-state index contributed by atoms with van der Waals surface area (Å²) in [7, 11) is 1.66. The van der Waals surface area contributed by atoms with Gasteiger partial charge in [0.2, 0.25) is 0 Å². The number of aromatic nitrogens is 3. The van der Waals surface area contributed by atoms with E-state index in [1.807, 2.05) is 59.3 Å². The van der Waals surface area contributed by atoms with Crippen molar-refractivity contribution in [2.75, 3.05) is 7.11 Å². The van der Waals surface area contributed by atoms with Gasteiger partial charge in [0.25, 0.3) is 0 Å². The molecule has 0 aliphatic carbocycles. The van der Waals surface area contributed by atoms with E-state index in [2.05, 4.69) is 17.1 Å². The summed E-state index contributed by atoms with van der Waals surface area (Å²) in [5.74, 6) is 0.795. The number of fused-ring (bicyclic) bond motifs is 1. The first-order valence-electron chi connectivity index (χ1n) is 7.40. The molecule has 0 fully saturated rings. The minimum absolute atomic E-state index is 0.795. The van der Waals surface area contributed by atoms with Crippen LogP contribution in [0.4, 0.5) is 0 Å². The molecular weight excluding hydrogens is 286 g/mol. The first-order valence-corrected chi connectivity index (χ1v) is 7.40. The maximum atomic E-state index is 5.32. The van der Waals surface area contributed by atoms with E-state index in [0.717, 1.165) is 33.7 Å². The molecule has 0 saturated carbocycles. The zero-order valence-corrected chi connectivity index (χ0v) is 12.7. The summed E-state index contributed by atoms with van der Waals surface area (Å²) in [4.78, 5) is 4.52. The Morgan fingerprint density at radius 1 is 0.913 bits per heavy atom. The maximum Gasteiger partial charge on any atom is 0.163 e. The van der Waals surface area contributed by atoms with Crippen molar-refractivity contribution in [1.82, 2.24) is 14.8 Å². The summed E-state index contributed by atoms with van der Waals surface area (Å²) in [6.45, 7) is 0. The quantitative estimate of drug-likeness (QED) is 0.572. The number of ether oxygens (including phenoxy) is 1. The van der Waals surface area contributed by atoms with Crippen LogP contribution in [0.15, 0.2) is 72.9 Å². The van der Waals surface area contributed by atoms with Gasteiger partial charge >= 0.3 is 0 Å². The largest absolute Gasteiger partial charge is 0.497 e. The molecule has 23 heavy (non-hydrogen) atoms. The Morgan fingerprint density at radius 3 is 2.61 bits per heavy atom. The standard InChI is InChI=1S/C19H15N3O/c1-23-16-10-5-9-15(13-16)22-19-17(11-6-12-20-19)18(21-22)14-7-3-2-4-8-14/h2-13H,1H3. The highest BCUT2D eigenvalue weighted by atomic mass is 16.5. The molecule has 0 atom stereocenters. The van der Waals surface area contributed by atoms with E-state index in [1.165, 1.54) is 0 Å². The van der Waals surface area contributed by atoms with E-state index in [4.69, 9.17) is 9.84 Å². The van der Waals surface area contributed by atoms with Gasteiger partial charge in [-0.05, 0) is 24.3 Å². The molecule has 0 amide bonds. The molecule has 2 heterocycles. The van der Waals surface area contributed by atoms with Crippen molar-refractivity contribution in [1.29, 1.82) is 0 Å². The van der Waals surface area contributed by atoms with Crippen molar-refractivity contribution in [3.05, 3.63) is 72.9 Å². The van der Waals surface area contributed by atoms with Crippen LogP contribution in [0, 0.1) is 0 Å². The summed E-state index contributed by atoms with van der Waals surface area (Å²) in [5.41, 5.74) is 3.76. The molecule has 0 spiro atoms. The normalized spacial score (nSPS) is 10.8. The third-order valence-electron chi connectivity index (χ3n) is 3.79. The molecule has 2 aromatic carbocycles. The molecule has 0 bridgehead atoms. The average Bonchev–Trinajstić information content (AvgIpc) is 3.02. The summed E-state index contributed by atoms with van der Waals surface area (Å²) in [6, 6.07) is 22.0. The lowest BCUT2D eigenvalue weighted by atomic mass is 10.1. The van der Waals surface area contributed by atoms with E-state index in [9.17, 15) is 0 Å². The number of pyridine rings is 1. The summed E-state index contributed by atoms with van der Waals surface area (Å²) in [5, 5.41) is 5.83. The minimum Gasteiger partial charge on any atom is -0.497 e. The Kier molecular flexibility index (Phi) is 3.27. The Labute approximate surface area is 134 Å². The number of hydrogen-bond acceptors (Lipinski definition) is 3. The van der Waals surface area contributed by atoms with Crippen LogP contribution in [0.25, 0.3) is 28.0 Å². The molecule has 4 aromatic rings. The second kappa shape index (κ2) is 5.57. The Balaban J connectivity index is 1.98. The van der Waals surface area contributed by atoms with Gasteiger partial charge in [0.05, 0.1) is 12.8 Å². The number of hydrogen-bond donors (Lipinski definition) is 0. The topological polar surface area (TPSA) is 39.9 Å². The van der Waals surface area contributed by atoms with Gasteiger partial charge < -0.3 is 4.74 Å². The second-order valence-electron chi connectivity index (χ2n) is 5.20. The number of nitrogens with zero attached hydrogens (tertiary/aromatic N) is 3. The molecule has 0 aliphatic heterocycles. The van der Waals surface area contributed by atoms with Crippen LogP contribution in [0.5, 0.6) is 5.75 Å². The van der Waals surface area contributed by atoms with Gasteiger partial charge in [-0.15, -0.1) is 0 Å². The van der Waals surface area contributed by atoms with Crippen LogP contribution in [0.1, 0.15) is 0 Å². The van der Waals surface area contributed by atoms with Crippen molar-refractivity contribution in [2.24, 2.45) is 0 Å². The molecule has 4 rings (SSSR count). The lowest BCUT2D eigenvalue weighted by Crippen LogP contribution is -1.98. The number of rotatable bonds is 3. The van der Waals surface area contributed by atoms with Crippen LogP contribution in [0.3, 0.4) is 0 Å². The monoisotopic (exact) mass is 301 g/mol. The fourth-order valence-electron chi connectivity index (χ4n) is 2.68. The van der Waals surface area contributed by atoms with E-state index in [1.54, 1.807) is 13.3 Å². The molecule has 0 unspecified atom stereocenters. The first-order chi connectivity index (χ1) is 11.4. The highest BCUT2D eigenvalue weighted by Crippen LogP contribution is 2.29. The van der Waals surface area contributed by atoms with Crippen molar-refractivity contribution in [3.63, 3.8) is 0 Å². The van der Waals surface area contributed by atoms with Crippen LogP contribution in [0.2, 0.25) is 0 Å². The second-order valence-corrected chi connectivity index (χ2v) is 5.20. The number of methoxy groups -OCH3 is 1. The fourth-order valence-corrected chi connectivity index (χ4v) is 2.68. The summed E-state index contributed by atoms with van der Waals surface area (Å²) >= 11 is 0. The Morgan fingerprint density at radius 2 is 1.78 bits per heavy atom. The van der Waals surface area contributed by atoms with Crippen molar-refractivity contribution in [3.8, 4) is 22.7 Å². The molecule has 112 valence electrons. The van der Waals surface area contributed by atoms with Crippen LogP contribution >= 0.6 is 0 Å². The zero-order chi connectivity index (χ0) is 15.6. The van der Waals surface area contributed by atoms with E-state index < -0.39 is 0 Å².